The predicted molar refractivity (Wildman–Crippen MR) is 60.6 cm³/mol. The SMILES string of the molecule is CCCCC=Cc1cc(Br)cs1. The Morgan fingerprint density at radius 1 is 1.58 bits per heavy atom. The predicted octanol–water partition coefficient (Wildman–Crippen LogP) is 4.71. The summed E-state index contributed by atoms with van der Waals surface area (Å²) in [4.78, 5) is 1.33. The van der Waals surface area contributed by atoms with Crippen molar-refractivity contribution < 1.29 is 0 Å². The van der Waals surface area contributed by atoms with Crippen LogP contribution in [0.5, 0.6) is 0 Å². The number of allylic oxidation sites excluding steroid dienone is 1. The maximum Gasteiger partial charge on any atom is 0.0288 e. The summed E-state index contributed by atoms with van der Waals surface area (Å²) in [5.74, 6) is 0. The van der Waals surface area contributed by atoms with Gasteiger partial charge >= 0.3 is 0 Å². The van der Waals surface area contributed by atoms with Crippen molar-refractivity contribution in [3.05, 3.63) is 26.9 Å². The average molecular weight is 245 g/mol. The molecule has 0 spiro atoms. The van der Waals surface area contributed by atoms with Gasteiger partial charge in [0.05, 0.1) is 0 Å². The third-order valence-electron chi connectivity index (χ3n) is 1.59. The molecule has 1 aromatic heterocycles. The molecule has 0 nitrogen and oxygen atoms in total. The van der Waals surface area contributed by atoms with Gasteiger partial charge in [-0.05, 0) is 34.5 Å². The van der Waals surface area contributed by atoms with E-state index in [-0.39, 0.29) is 0 Å². The normalized spacial score (nSPS) is 11.2. The van der Waals surface area contributed by atoms with Crippen molar-refractivity contribution in [2.45, 2.75) is 26.2 Å². The molecule has 0 N–H and O–H groups in total. The minimum atomic E-state index is 1.18. The van der Waals surface area contributed by atoms with Crippen LogP contribution in [0.3, 0.4) is 0 Å². The van der Waals surface area contributed by atoms with Crippen LogP contribution < -0.4 is 0 Å². The van der Waals surface area contributed by atoms with Crippen molar-refractivity contribution in [3.63, 3.8) is 0 Å². The third-order valence-corrected chi connectivity index (χ3v) is 3.25. The largest absolute Gasteiger partial charge is 0.143 e. The maximum atomic E-state index is 3.43. The van der Waals surface area contributed by atoms with Crippen LogP contribution >= 0.6 is 27.3 Å². The second-order valence-corrected chi connectivity index (χ2v) is 4.57. The Morgan fingerprint density at radius 2 is 2.42 bits per heavy atom. The molecule has 2 heteroatoms. The summed E-state index contributed by atoms with van der Waals surface area (Å²) in [7, 11) is 0. The van der Waals surface area contributed by atoms with Crippen LogP contribution in [-0.4, -0.2) is 0 Å². The summed E-state index contributed by atoms with van der Waals surface area (Å²) in [6, 6.07) is 2.15. The Bertz CT molecular complexity index is 250. The molecule has 0 radical (unpaired) electrons. The Kier molecular flexibility index (Phi) is 4.62. The van der Waals surface area contributed by atoms with Crippen LogP contribution in [0.15, 0.2) is 22.0 Å². The zero-order chi connectivity index (χ0) is 8.81. The lowest BCUT2D eigenvalue weighted by atomic mass is 10.2. The van der Waals surface area contributed by atoms with Crippen molar-refractivity contribution >= 4 is 33.3 Å². The highest BCUT2D eigenvalue weighted by atomic mass is 79.9. The van der Waals surface area contributed by atoms with Gasteiger partial charge in [-0.1, -0.05) is 25.8 Å². The minimum absolute atomic E-state index is 1.18. The number of thiophene rings is 1. The summed E-state index contributed by atoms with van der Waals surface area (Å²) in [5.41, 5.74) is 0. The third kappa shape index (κ3) is 3.55. The van der Waals surface area contributed by atoms with Crippen LogP contribution in [0.2, 0.25) is 0 Å². The van der Waals surface area contributed by atoms with Crippen LogP contribution in [0, 0.1) is 0 Å². The van der Waals surface area contributed by atoms with E-state index in [0.29, 0.717) is 0 Å². The fraction of sp³-hybridized carbons (Fsp3) is 0.400. The van der Waals surface area contributed by atoms with Gasteiger partial charge in [0.15, 0.2) is 0 Å². The van der Waals surface area contributed by atoms with Gasteiger partial charge in [-0.25, -0.2) is 0 Å². The summed E-state index contributed by atoms with van der Waals surface area (Å²) < 4.78 is 1.18. The molecule has 0 unspecified atom stereocenters. The van der Waals surface area contributed by atoms with E-state index in [1.54, 1.807) is 11.3 Å². The molecule has 0 aliphatic heterocycles. The second-order valence-electron chi connectivity index (χ2n) is 2.71. The van der Waals surface area contributed by atoms with E-state index in [0.717, 1.165) is 0 Å². The van der Waals surface area contributed by atoms with E-state index in [9.17, 15) is 0 Å². The Morgan fingerprint density at radius 3 is 3.00 bits per heavy atom. The molecule has 0 aliphatic carbocycles. The first kappa shape index (κ1) is 10.0. The zero-order valence-corrected chi connectivity index (χ0v) is 9.62. The zero-order valence-electron chi connectivity index (χ0n) is 7.22. The van der Waals surface area contributed by atoms with Crippen LogP contribution in [0.1, 0.15) is 31.1 Å². The molecule has 0 aliphatic rings. The molecule has 0 bridgehead atoms. The average Bonchev–Trinajstić information content (AvgIpc) is 2.45. The van der Waals surface area contributed by atoms with Crippen molar-refractivity contribution in [2.75, 3.05) is 0 Å². The lowest BCUT2D eigenvalue weighted by Crippen LogP contribution is -1.65. The van der Waals surface area contributed by atoms with Gasteiger partial charge in [0.1, 0.15) is 0 Å². The van der Waals surface area contributed by atoms with Gasteiger partial charge in [0, 0.05) is 14.7 Å². The highest BCUT2D eigenvalue weighted by Crippen LogP contribution is 2.20. The van der Waals surface area contributed by atoms with Crippen LogP contribution in [0.4, 0.5) is 0 Å². The van der Waals surface area contributed by atoms with E-state index in [2.05, 4.69) is 46.5 Å². The van der Waals surface area contributed by atoms with Crippen molar-refractivity contribution in [1.29, 1.82) is 0 Å². The molecular formula is C10H13BrS. The Labute approximate surface area is 86.4 Å². The minimum Gasteiger partial charge on any atom is -0.143 e. The molecule has 0 atom stereocenters. The first-order chi connectivity index (χ1) is 5.83. The fourth-order valence-corrected chi connectivity index (χ4v) is 2.30. The van der Waals surface area contributed by atoms with Gasteiger partial charge in [-0.15, -0.1) is 11.3 Å². The first-order valence-corrected chi connectivity index (χ1v) is 5.90. The first-order valence-electron chi connectivity index (χ1n) is 4.23. The van der Waals surface area contributed by atoms with Crippen LogP contribution in [0.25, 0.3) is 6.08 Å². The molecule has 12 heavy (non-hydrogen) atoms. The highest BCUT2D eigenvalue weighted by Gasteiger charge is 1.90. The lowest BCUT2D eigenvalue weighted by Gasteiger charge is -1.87. The second kappa shape index (κ2) is 5.55. The molecule has 1 heterocycles. The van der Waals surface area contributed by atoms with E-state index in [1.165, 1.54) is 28.6 Å². The van der Waals surface area contributed by atoms with Gasteiger partial charge in [0.25, 0.3) is 0 Å². The van der Waals surface area contributed by atoms with Crippen LogP contribution in [-0.2, 0) is 0 Å². The fourth-order valence-electron chi connectivity index (χ4n) is 0.937. The summed E-state index contributed by atoms with van der Waals surface area (Å²) in [6.45, 7) is 2.22. The van der Waals surface area contributed by atoms with Gasteiger partial charge in [-0.3, -0.25) is 0 Å². The van der Waals surface area contributed by atoms with E-state index in [4.69, 9.17) is 0 Å². The van der Waals surface area contributed by atoms with Crippen molar-refractivity contribution in [1.82, 2.24) is 0 Å². The lowest BCUT2D eigenvalue weighted by molar-refractivity contribution is 0.816. The molecule has 1 aromatic rings. The van der Waals surface area contributed by atoms with Gasteiger partial charge in [-0.2, -0.15) is 0 Å². The summed E-state index contributed by atoms with van der Waals surface area (Å²) in [6.07, 6.45) is 8.22. The highest BCUT2D eigenvalue weighted by molar-refractivity contribution is 9.10. The van der Waals surface area contributed by atoms with Crippen molar-refractivity contribution in [2.24, 2.45) is 0 Å². The van der Waals surface area contributed by atoms with Gasteiger partial charge < -0.3 is 0 Å². The van der Waals surface area contributed by atoms with E-state index in [1.807, 2.05) is 0 Å². The van der Waals surface area contributed by atoms with Gasteiger partial charge in [0.2, 0.25) is 0 Å². The molecular weight excluding hydrogens is 232 g/mol. The molecule has 0 saturated carbocycles. The molecule has 0 saturated heterocycles. The number of hydrogen-bond acceptors (Lipinski definition) is 1. The molecule has 0 fully saturated rings. The quantitative estimate of drug-likeness (QED) is 0.673. The molecule has 0 amide bonds. The number of rotatable bonds is 4. The molecule has 66 valence electrons. The number of halogens is 1. The smallest absolute Gasteiger partial charge is 0.0288 e. The van der Waals surface area contributed by atoms with E-state index >= 15 is 0 Å². The standard InChI is InChI=1S/C10H13BrS/c1-2-3-4-5-6-10-7-9(11)8-12-10/h5-8H,2-4H2,1H3. The van der Waals surface area contributed by atoms with Crippen molar-refractivity contribution in [3.8, 4) is 0 Å². The Hall–Kier alpha value is -0.0800. The Balaban J connectivity index is 2.36. The molecule has 1 rings (SSSR count). The topological polar surface area (TPSA) is 0 Å². The monoisotopic (exact) mass is 244 g/mol. The van der Waals surface area contributed by atoms with E-state index < -0.39 is 0 Å². The molecule has 0 aromatic carbocycles. The maximum absolute atomic E-state index is 3.43. The summed E-state index contributed by atoms with van der Waals surface area (Å²) >= 11 is 5.21. The number of hydrogen-bond donors (Lipinski definition) is 0. The summed E-state index contributed by atoms with van der Waals surface area (Å²) in [5, 5.41) is 2.11. The number of unbranched alkanes of at least 4 members (excludes halogenated alkanes) is 2.